The largest absolute Gasteiger partial charge is 0.695 e. The van der Waals surface area contributed by atoms with E-state index < -0.39 is 77.4 Å². The van der Waals surface area contributed by atoms with Gasteiger partial charge in [-0.05, 0) is 13.0 Å². The van der Waals surface area contributed by atoms with Gasteiger partial charge in [-0.3, -0.25) is 28.0 Å². The Labute approximate surface area is 251 Å². The van der Waals surface area contributed by atoms with Crippen LogP contribution in [-0.4, -0.2) is 92.2 Å². The van der Waals surface area contributed by atoms with Gasteiger partial charge in [0.05, 0.1) is 37.7 Å². The Morgan fingerprint density at radius 2 is 1.96 bits per heavy atom. The number of nitrogens with zero attached hydrogens (tertiary/aromatic N) is 6. The maximum Gasteiger partial charge on any atom is 0.695 e. The highest BCUT2D eigenvalue weighted by atomic mass is 31.2. The number of aromatic amines is 1. The number of ether oxygens (including phenoxy) is 2. The van der Waals surface area contributed by atoms with Gasteiger partial charge in [0.2, 0.25) is 5.95 Å². The van der Waals surface area contributed by atoms with Gasteiger partial charge in [-0.2, -0.15) is 4.98 Å². The number of hydrogen-bond acceptors (Lipinski definition) is 15. The topological polar surface area (TPSA) is 287 Å². The molecule has 6 heterocycles. The molecule has 0 spiro atoms. The minimum Gasteiger partial charge on any atom is -0.397 e. The van der Waals surface area contributed by atoms with Crippen LogP contribution in [0.3, 0.4) is 0 Å². The van der Waals surface area contributed by atoms with Crippen molar-refractivity contribution in [2.75, 3.05) is 24.7 Å². The number of fused-ring (bicyclic) bond motifs is 2. The number of aliphatic hydroxyl groups excluding tert-OH is 1. The number of nitrogens with two attached hydrogens (primary N) is 2. The van der Waals surface area contributed by atoms with E-state index in [2.05, 4.69) is 24.9 Å². The molecule has 45 heavy (non-hydrogen) atoms. The van der Waals surface area contributed by atoms with E-state index in [9.17, 15) is 28.8 Å². The number of aromatic nitrogens is 7. The summed E-state index contributed by atoms with van der Waals surface area (Å²) in [7, 11) is -8.38. The standard InChI is InChI=1S/C22H26FN9O11P2/c1-22(23)15(42-44(35)36)12(41-20(22)32-8-27-13-10(24)2-3-26-16(13)32)6-39-45(37,38)43-11-4-9(5-33)40-19(11)31-7-28-14-17(31)29-21(25)30-18(14)34/h2-3,7-9,11-12,15,19-20,33H,4-6H2,1H3,(H6-,24,25,26,29,30,34,35,36,37,38)/p+1/t9-,11+,12+,15+,19?,20?,22-/m0/s1. The number of imidazole rings is 2. The molecule has 9 atom stereocenters. The number of rotatable bonds is 10. The minimum atomic E-state index is -5.03. The summed E-state index contributed by atoms with van der Waals surface area (Å²) in [4.78, 5) is 51.0. The molecule has 0 saturated carbocycles. The number of hydrogen-bond donors (Lipinski definition) is 6. The molecule has 8 N–H and O–H groups in total. The summed E-state index contributed by atoms with van der Waals surface area (Å²) >= 11 is 0. The van der Waals surface area contributed by atoms with Crippen LogP contribution < -0.4 is 17.0 Å². The Balaban J connectivity index is 1.22. The zero-order chi connectivity index (χ0) is 32.3. The number of aliphatic hydroxyl groups is 1. The predicted octanol–water partition coefficient (Wildman–Crippen LogP) is 0.171. The first-order valence-corrected chi connectivity index (χ1v) is 15.8. The monoisotopic (exact) mass is 674 g/mol. The van der Waals surface area contributed by atoms with E-state index in [0.29, 0.717) is 0 Å². The molecule has 0 bridgehead atoms. The highest BCUT2D eigenvalue weighted by Gasteiger charge is 2.60. The molecule has 6 rings (SSSR count). The molecule has 2 fully saturated rings. The lowest BCUT2D eigenvalue weighted by molar-refractivity contribution is -0.0635. The lowest BCUT2D eigenvalue weighted by Crippen LogP contribution is -2.41. The third-order valence-corrected chi connectivity index (χ3v) is 8.79. The lowest BCUT2D eigenvalue weighted by atomic mass is 9.98. The van der Waals surface area contributed by atoms with Crippen molar-refractivity contribution in [2.45, 2.75) is 55.9 Å². The first-order valence-electron chi connectivity index (χ1n) is 13.2. The van der Waals surface area contributed by atoms with Crippen LogP contribution in [0.2, 0.25) is 0 Å². The van der Waals surface area contributed by atoms with Gasteiger partial charge in [0.1, 0.15) is 17.7 Å². The average molecular weight is 674 g/mol. The van der Waals surface area contributed by atoms with Crippen molar-refractivity contribution in [3.8, 4) is 0 Å². The number of pyridine rings is 1. The van der Waals surface area contributed by atoms with Gasteiger partial charge < -0.3 is 30.9 Å². The molecule has 0 aromatic carbocycles. The van der Waals surface area contributed by atoms with Crippen molar-refractivity contribution in [1.82, 2.24) is 34.1 Å². The van der Waals surface area contributed by atoms with Gasteiger partial charge >= 0.3 is 16.1 Å². The first kappa shape index (κ1) is 31.5. The number of phosphoric ester groups is 1. The van der Waals surface area contributed by atoms with Gasteiger partial charge in [0.15, 0.2) is 41.0 Å². The third-order valence-electron chi connectivity index (χ3n) is 7.37. The average Bonchev–Trinajstić information content (AvgIpc) is 3.72. The number of phosphoric acid groups is 1. The van der Waals surface area contributed by atoms with E-state index in [1.165, 1.54) is 34.1 Å². The molecule has 2 aliphatic rings. The summed E-state index contributed by atoms with van der Waals surface area (Å²) in [5.41, 5.74) is 8.96. The maximum absolute atomic E-state index is 16.3. The molecular weight excluding hydrogens is 647 g/mol. The number of nitrogen functional groups attached to an aromatic ring is 2. The molecule has 0 amide bonds. The van der Waals surface area contributed by atoms with Gasteiger partial charge in [0.25, 0.3) is 5.56 Å². The summed E-state index contributed by atoms with van der Waals surface area (Å²) in [6.07, 6.45) is -4.49. The molecule has 2 aliphatic heterocycles. The Bertz CT molecular complexity index is 1870. The minimum absolute atomic E-state index is 0.0175. The fourth-order valence-electron chi connectivity index (χ4n) is 5.40. The van der Waals surface area contributed by atoms with Crippen LogP contribution in [0.5, 0.6) is 0 Å². The molecule has 2 saturated heterocycles. The summed E-state index contributed by atoms with van der Waals surface area (Å²) in [5, 5.41) is 9.69. The van der Waals surface area contributed by atoms with Crippen LogP contribution in [-0.2, 0) is 32.2 Å². The highest BCUT2D eigenvalue weighted by Crippen LogP contribution is 2.52. The molecular formula is C22H27FN9O11P2+. The third kappa shape index (κ3) is 5.83. The van der Waals surface area contributed by atoms with Crippen LogP contribution in [0.15, 0.2) is 29.7 Å². The zero-order valence-electron chi connectivity index (χ0n) is 23.1. The van der Waals surface area contributed by atoms with E-state index in [-0.39, 0.29) is 40.4 Å². The second-order valence-corrected chi connectivity index (χ2v) is 12.5. The van der Waals surface area contributed by atoms with Crippen LogP contribution in [0.4, 0.5) is 16.0 Å². The van der Waals surface area contributed by atoms with Crippen molar-refractivity contribution in [1.29, 1.82) is 0 Å². The van der Waals surface area contributed by atoms with Gasteiger partial charge in [-0.25, -0.2) is 23.9 Å². The summed E-state index contributed by atoms with van der Waals surface area (Å²) in [6.45, 7) is -0.280. The van der Waals surface area contributed by atoms with E-state index in [1.54, 1.807) is 0 Å². The van der Waals surface area contributed by atoms with E-state index in [1.807, 2.05) is 0 Å². The molecule has 20 nitrogen and oxygen atoms in total. The fraction of sp³-hybridized carbons (Fsp3) is 0.500. The number of alkyl halides is 1. The lowest BCUT2D eigenvalue weighted by Gasteiger charge is -2.24. The van der Waals surface area contributed by atoms with Gasteiger partial charge in [-0.15, -0.1) is 9.42 Å². The highest BCUT2D eigenvalue weighted by molar-refractivity contribution is 7.47. The van der Waals surface area contributed by atoms with Crippen molar-refractivity contribution in [3.05, 3.63) is 35.3 Å². The smallest absolute Gasteiger partial charge is 0.397 e. The van der Waals surface area contributed by atoms with Crippen molar-refractivity contribution >= 4 is 50.0 Å². The van der Waals surface area contributed by atoms with E-state index in [0.717, 1.165) is 6.92 Å². The molecule has 4 unspecified atom stereocenters. The van der Waals surface area contributed by atoms with Crippen LogP contribution in [0.1, 0.15) is 25.8 Å². The molecule has 0 radical (unpaired) electrons. The number of H-pyrrole nitrogens is 1. The van der Waals surface area contributed by atoms with Crippen molar-refractivity contribution in [3.63, 3.8) is 0 Å². The molecule has 4 aromatic heterocycles. The zero-order valence-corrected chi connectivity index (χ0v) is 24.9. The van der Waals surface area contributed by atoms with Crippen LogP contribution in [0, 0.1) is 0 Å². The second-order valence-electron chi connectivity index (χ2n) is 10.4. The SMILES string of the molecule is C[C@@]1(F)C(n2cnc3c(N)ccnc32)O[C@H](COP(=O)(O)O[C@@H]2C[C@@H](CO)OC2n2cnc3c(=O)[nH]c(N)nc32)[C@H]1O[P+](=O)O. The molecule has 0 aliphatic carbocycles. The van der Waals surface area contributed by atoms with Gasteiger partial charge in [-0.1, -0.05) is 0 Å². The molecule has 23 heteroatoms. The Hall–Kier alpha value is -3.49. The van der Waals surface area contributed by atoms with Crippen LogP contribution >= 0.6 is 16.1 Å². The maximum atomic E-state index is 16.3. The second kappa shape index (κ2) is 11.7. The quantitative estimate of drug-likeness (QED) is 0.122. The number of halogens is 1. The Morgan fingerprint density at radius 3 is 2.69 bits per heavy atom. The summed E-state index contributed by atoms with van der Waals surface area (Å²) in [5.74, 6) is -0.223. The van der Waals surface area contributed by atoms with Gasteiger partial charge in [0, 0.05) is 17.2 Å². The van der Waals surface area contributed by atoms with E-state index >= 15 is 4.39 Å². The van der Waals surface area contributed by atoms with Crippen molar-refractivity contribution in [2.24, 2.45) is 0 Å². The number of anilines is 2. The number of nitrogens with one attached hydrogen (secondary N) is 1. The Morgan fingerprint density at radius 1 is 1.22 bits per heavy atom. The van der Waals surface area contributed by atoms with E-state index in [4.69, 9.17) is 34.5 Å². The van der Waals surface area contributed by atoms with Crippen molar-refractivity contribution < 1.29 is 51.5 Å². The Kier molecular flexibility index (Phi) is 8.19. The first-order chi connectivity index (χ1) is 21.3. The fourth-order valence-corrected chi connectivity index (χ4v) is 6.87. The molecule has 4 aromatic rings. The summed E-state index contributed by atoms with van der Waals surface area (Å²) < 4.78 is 70.6. The molecule has 242 valence electrons. The van der Waals surface area contributed by atoms with Crippen LogP contribution in [0.25, 0.3) is 22.3 Å². The summed E-state index contributed by atoms with van der Waals surface area (Å²) in [6, 6.07) is 1.49. The predicted molar refractivity (Wildman–Crippen MR) is 149 cm³/mol. The normalized spacial score (nSPS) is 30.3.